The molecule has 0 amide bonds. The van der Waals surface area contributed by atoms with Gasteiger partial charge in [-0.05, 0) is 36.7 Å². The molecule has 0 fully saturated rings. The van der Waals surface area contributed by atoms with Gasteiger partial charge >= 0.3 is 6.18 Å². The van der Waals surface area contributed by atoms with Gasteiger partial charge in [0.15, 0.2) is 4.90 Å². The Hall–Kier alpha value is -0.880. The third kappa shape index (κ3) is 3.81. The third-order valence-electron chi connectivity index (χ3n) is 2.33. The Bertz CT molecular complexity index is 406. The van der Waals surface area contributed by atoms with Crippen molar-refractivity contribution in [2.75, 3.05) is 18.1 Å². The van der Waals surface area contributed by atoms with Crippen LogP contribution in [0.5, 0.6) is 0 Å². The van der Waals surface area contributed by atoms with E-state index in [0.717, 1.165) is 5.56 Å². The van der Waals surface area contributed by atoms with Crippen LogP contribution in [0.4, 0.5) is 18.9 Å². The van der Waals surface area contributed by atoms with Crippen molar-refractivity contribution >= 4 is 16.9 Å². The van der Waals surface area contributed by atoms with Gasteiger partial charge in [0.25, 0.3) is 0 Å². The lowest BCUT2D eigenvalue weighted by molar-refractivity contribution is -0.106. The van der Waals surface area contributed by atoms with Gasteiger partial charge < -0.3 is 9.87 Å². The zero-order chi connectivity index (χ0) is 13.2. The fourth-order valence-electron chi connectivity index (χ4n) is 1.57. The van der Waals surface area contributed by atoms with Crippen LogP contribution in [0.3, 0.4) is 0 Å². The summed E-state index contributed by atoms with van der Waals surface area (Å²) >= 11 is -2.05. The Kier molecular flexibility index (Phi) is 4.32. The SMILES string of the molecule is CNc1cc([S+]([O-])CC(F)(F)F)c(C)cc1C. The molecule has 0 bridgehead atoms. The Morgan fingerprint density at radius 3 is 2.29 bits per heavy atom. The molecule has 1 aromatic carbocycles. The van der Waals surface area contributed by atoms with E-state index in [0.29, 0.717) is 11.3 Å². The van der Waals surface area contributed by atoms with Gasteiger partial charge in [-0.3, -0.25) is 0 Å². The van der Waals surface area contributed by atoms with Crippen molar-refractivity contribution < 1.29 is 17.7 Å². The van der Waals surface area contributed by atoms with Gasteiger partial charge in [0, 0.05) is 24.4 Å². The standard InChI is InChI=1S/C11H14F3NOS/c1-7-4-8(2)10(5-9(7)15-3)17(16)6-11(12,13)14/h4-5,15H,6H2,1-3H3. The predicted molar refractivity (Wildman–Crippen MR) is 62.8 cm³/mol. The molecule has 0 aromatic heterocycles. The number of aryl methyl sites for hydroxylation is 2. The maximum absolute atomic E-state index is 12.2. The lowest BCUT2D eigenvalue weighted by atomic mass is 10.1. The number of nitrogens with one attached hydrogen (secondary N) is 1. The highest BCUT2D eigenvalue weighted by Gasteiger charge is 2.36. The maximum atomic E-state index is 12.2. The number of alkyl halides is 3. The molecule has 96 valence electrons. The molecule has 0 spiro atoms. The topological polar surface area (TPSA) is 35.1 Å². The average Bonchev–Trinajstić information content (AvgIpc) is 2.14. The van der Waals surface area contributed by atoms with Gasteiger partial charge in [0.1, 0.15) is 0 Å². The minimum Gasteiger partial charge on any atom is -0.611 e. The maximum Gasteiger partial charge on any atom is 0.433 e. The van der Waals surface area contributed by atoms with Crippen molar-refractivity contribution in [1.82, 2.24) is 0 Å². The molecule has 1 aromatic rings. The Balaban J connectivity index is 3.05. The van der Waals surface area contributed by atoms with Crippen LogP contribution in [0.25, 0.3) is 0 Å². The second-order valence-corrected chi connectivity index (χ2v) is 5.21. The van der Waals surface area contributed by atoms with Crippen LogP contribution in [0.15, 0.2) is 17.0 Å². The molecule has 1 unspecified atom stereocenters. The van der Waals surface area contributed by atoms with Crippen molar-refractivity contribution in [3.8, 4) is 0 Å². The van der Waals surface area contributed by atoms with Crippen LogP contribution >= 0.6 is 0 Å². The van der Waals surface area contributed by atoms with Crippen molar-refractivity contribution in [3.05, 3.63) is 23.3 Å². The van der Waals surface area contributed by atoms with E-state index in [9.17, 15) is 17.7 Å². The number of benzene rings is 1. The van der Waals surface area contributed by atoms with E-state index in [4.69, 9.17) is 0 Å². The van der Waals surface area contributed by atoms with E-state index >= 15 is 0 Å². The van der Waals surface area contributed by atoms with Crippen LogP contribution in [-0.4, -0.2) is 23.5 Å². The van der Waals surface area contributed by atoms with Gasteiger partial charge in [-0.1, -0.05) is 0 Å². The van der Waals surface area contributed by atoms with Crippen LogP contribution < -0.4 is 5.32 Å². The molecule has 1 rings (SSSR count). The molecule has 0 aliphatic carbocycles. The summed E-state index contributed by atoms with van der Waals surface area (Å²) < 4.78 is 48.2. The van der Waals surface area contributed by atoms with Gasteiger partial charge in [0.2, 0.25) is 5.75 Å². The molecular weight excluding hydrogens is 251 g/mol. The fraction of sp³-hybridized carbons (Fsp3) is 0.455. The Labute approximate surface area is 101 Å². The normalized spacial score (nSPS) is 13.6. The minimum absolute atomic E-state index is 0.234. The molecule has 1 N–H and O–H groups in total. The summed E-state index contributed by atoms with van der Waals surface area (Å²) in [6.07, 6.45) is -4.41. The van der Waals surface area contributed by atoms with Crippen LogP contribution in [0.2, 0.25) is 0 Å². The molecule has 17 heavy (non-hydrogen) atoms. The number of hydrogen-bond donors (Lipinski definition) is 1. The molecular formula is C11H14F3NOS. The highest BCUT2D eigenvalue weighted by Crippen LogP contribution is 2.28. The first-order chi connectivity index (χ1) is 7.74. The number of halogens is 3. The summed E-state index contributed by atoms with van der Waals surface area (Å²) in [6.45, 7) is 3.51. The molecule has 0 saturated carbocycles. The molecule has 0 radical (unpaired) electrons. The summed E-state index contributed by atoms with van der Waals surface area (Å²) in [5.41, 5.74) is 2.22. The Morgan fingerprint density at radius 1 is 1.24 bits per heavy atom. The van der Waals surface area contributed by atoms with E-state index in [1.54, 1.807) is 20.0 Å². The van der Waals surface area contributed by atoms with Gasteiger partial charge in [-0.2, -0.15) is 13.2 Å². The first-order valence-corrected chi connectivity index (χ1v) is 6.30. The predicted octanol–water partition coefficient (Wildman–Crippen LogP) is 3.02. The minimum atomic E-state index is -4.41. The first kappa shape index (κ1) is 14.2. The van der Waals surface area contributed by atoms with Crippen molar-refractivity contribution in [1.29, 1.82) is 0 Å². The van der Waals surface area contributed by atoms with Crippen molar-refractivity contribution in [3.63, 3.8) is 0 Å². The van der Waals surface area contributed by atoms with Gasteiger partial charge in [0.05, 0.1) is 0 Å². The zero-order valence-corrected chi connectivity index (χ0v) is 10.6. The third-order valence-corrected chi connectivity index (χ3v) is 3.85. The molecule has 6 heteroatoms. The van der Waals surface area contributed by atoms with Crippen LogP contribution in [0.1, 0.15) is 11.1 Å². The van der Waals surface area contributed by atoms with Gasteiger partial charge in [-0.25, -0.2) is 0 Å². The average molecular weight is 265 g/mol. The van der Waals surface area contributed by atoms with Crippen LogP contribution in [0, 0.1) is 13.8 Å². The van der Waals surface area contributed by atoms with E-state index in [1.807, 2.05) is 6.92 Å². The summed E-state index contributed by atoms with van der Waals surface area (Å²) in [5.74, 6) is -1.31. The highest BCUT2D eigenvalue weighted by molar-refractivity contribution is 7.91. The summed E-state index contributed by atoms with van der Waals surface area (Å²) in [6, 6.07) is 3.25. The first-order valence-electron chi connectivity index (χ1n) is 4.98. The number of rotatable bonds is 3. The summed E-state index contributed by atoms with van der Waals surface area (Å²) in [7, 11) is 1.67. The van der Waals surface area contributed by atoms with E-state index < -0.39 is 23.1 Å². The number of hydrogen-bond acceptors (Lipinski definition) is 2. The van der Waals surface area contributed by atoms with Crippen molar-refractivity contribution in [2.45, 2.75) is 24.9 Å². The van der Waals surface area contributed by atoms with E-state index in [-0.39, 0.29) is 4.90 Å². The number of anilines is 1. The second-order valence-electron chi connectivity index (χ2n) is 3.79. The second kappa shape index (κ2) is 5.18. The van der Waals surface area contributed by atoms with Gasteiger partial charge in [-0.15, -0.1) is 0 Å². The largest absolute Gasteiger partial charge is 0.611 e. The molecule has 0 heterocycles. The monoisotopic (exact) mass is 265 g/mol. The van der Waals surface area contributed by atoms with Crippen molar-refractivity contribution in [2.24, 2.45) is 0 Å². The Morgan fingerprint density at radius 2 is 1.82 bits per heavy atom. The van der Waals surface area contributed by atoms with Crippen LogP contribution in [-0.2, 0) is 11.2 Å². The summed E-state index contributed by atoms with van der Waals surface area (Å²) in [4.78, 5) is 0.234. The molecule has 0 aliphatic heterocycles. The summed E-state index contributed by atoms with van der Waals surface area (Å²) in [5, 5.41) is 2.86. The lowest BCUT2D eigenvalue weighted by Crippen LogP contribution is -2.23. The quantitative estimate of drug-likeness (QED) is 0.853. The molecule has 0 saturated heterocycles. The highest BCUT2D eigenvalue weighted by atomic mass is 32.2. The molecule has 2 nitrogen and oxygen atoms in total. The molecule has 1 atom stereocenters. The van der Waals surface area contributed by atoms with E-state index in [1.165, 1.54) is 6.07 Å². The fourth-order valence-corrected chi connectivity index (χ4v) is 2.69. The van der Waals surface area contributed by atoms with E-state index in [2.05, 4.69) is 5.32 Å². The lowest BCUT2D eigenvalue weighted by Gasteiger charge is -2.16. The smallest absolute Gasteiger partial charge is 0.433 e. The molecule has 0 aliphatic rings. The zero-order valence-electron chi connectivity index (χ0n) is 9.81.